The maximum atomic E-state index is 12.2. The van der Waals surface area contributed by atoms with Crippen LogP contribution in [0.5, 0.6) is 0 Å². The molecule has 1 aromatic heterocycles. The van der Waals surface area contributed by atoms with Crippen LogP contribution in [0.2, 0.25) is 0 Å². The summed E-state index contributed by atoms with van der Waals surface area (Å²) in [6.07, 6.45) is 2.74. The number of hydrogen-bond donors (Lipinski definition) is 2. The fraction of sp³-hybridized carbons (Fsp3) is 0.625. The molecule has 0 bridgehead atoms. The van der Waals surface area contributed by atoms with Crippen LogP contribution in [0.3, 0.4) is 0 Å². The number of hydrogen-bond acceptors (Lipinski definition) is 4. The number of ether oxygens (including phenoxy) is 1. The van der Waals surface area contributed by atoms with Crippen molar-refractivity contribution in [3.63, 3.8) is 0 Å². The second-order valence-corrected chi connectivity index (χ2v) is 5.34. The molecule has 1 heterocycles. The highest BCUT2D eigenvalue weighted by Crippen LogP contribution is 2.08. The molecule has 5 heteroatoms. The zero-order chi connectivity index (χ0) is 15.7. The number of aromatic nitrogens is 1. The number of nitrogens with one attached hydrogen (secondary N) is 2. The van der Waals surface area contributed by atoms with Gasteiger partial charge in [0, 0.05) is 13.2 Å². The summed E-state index contributed by atoms with van der Waals surface area (Å²) < 4.78 is 5.41. The molecule has 1 amide bonds. The summed E-state index contributed by atoms with van der Waals surface area (Å²) in [5.41, 5.74) is 1.36. The van der Waals surface area contributed by atoms with Gasteiger partial charge in [0.05, 0.1) is 24.5 Å². The van der Waals surface area contributed by atoms with Crippen molar-refractivity contribution in [3.05, 3.63) is 24.0 Å². The molecule has 1 aromatic rings. The number of amides is 1. The zero-order valence-electron chi connectivity index (χ0n) is 13.5. The van der Waals surface area contributed by atoms with Crippen LogP contribution in [0.15, 0.2) is 18.3 Å². The van der Waals surface area contributed by atoms with Gasteiger partial charge in [0.2, 0.25) is 0 Å². The lowest BCUT2D eigenvalue weighted by molar-refractivity contribution is 0.0802. The standard InChI is InChI=1S/C16H27N3O2/c1-5-9-17-13-7-8-14(18-10-13)16(20)19-15(12(3)4)11-21-6-2/h7-8,10,12,15,17H,5-6,9,11H2,1-4H3,(H,19,20). The van der Waals surface area contributed by atoms with Crippen molar-refractivity contribution in [2.24, 2.45) is 5.92 Å². The predicted octanol–water partition coefficient (Wildman–Crippen LogP) is 2.69. The fourth-order valence-electron chi connectivity index (χ4n) is 1.79. The quantitative estimate of drug-likeness (QED) is 0.735. The van der Waals surface area contributed by atoms with Crippen LogP contribution in [-0.2, 0) is 4.74 Å². The van der Waals surface area contributed by atoms with Crippen LogP contribution in [0.25, 0.3) is 0 Å². The van der Waals surface area contributed by atoms with Gasteiger partial charge in [-0.15, -0.1) is 0 Å². The Labute approximate surface area is 127 Å². The van der Waals surface area contributed by atoms with E-state index in [-0.39, 0.29) is 11.9 Å². The van der Waals surface area contributed by atoms with Crippen LogP contribution in [-0.4, -0.2) is 36.7 Å². The van der Waals surface area contributed by atoms with Gasteiger partial charge in [-0.1, -0.05) is 20.8 Å². The first-order chi connectivity index (χ1) is 10.1. The lowest BCUT2D eigenvalue weighted by Crippen LogP contribution is -2.42. The Morgan fingerprint density at radius 3 is 2.62 bits per heavy atom. The largest absolute Gasteiger partial charge is 0.384 e. The summed E-state index contributed by atoms with van der Waals surface area (Å²) in [6.45, 7) is 10.3. The van der Waals surface area contributed by atoms with Crippen LogP contribution in [0.4, 0.5) is 5.69 Å². The third-order valence-corrected chi connectivity index (χ3v) is 3.20. The normalized spacial score (nSPS) is 12.2. The van der Waals surface area contributed by atoms with Crippen molar-refractivity contribution in [1.29, 1.82) is 0 Å². The summed E-state index contributed by atoms with van der Waals surface area (Å²) >= 11 is 0. The molecule has 0 aromatic carbocycles. The van der Waals surface area contributed by atoms with Crippen molar-refractivity contribution in [2.45, 2.75) is 40.2 Å². The van der Waals surface area contributed by atoms with Gasteiger partial charge in [-0.2, -0.15) is 0 Å². The first kappa shape index (κ1) is 17.4. The third-order valence-electron chi connectivity index (χ3n) is 3.20. The molecule has 1 atom stereocenters. The van der Waals surface area contributed by atoms with Crippen molar-refractivity contribution >= 4 is 11.6 Å². The Bertz CT molecular complexity index is 418. The Kier molecular flexibility index (Phi) is 7.75. The van der Waals surface area contributed by atoms with Crippen molar-refractivity contribution < 1.29 is 9.53 Å². The second-order valence-electron chi connectivity index (χ2n) is 5.34. The maximum absolute atomic E-state index is 12.2. The average Bonchev–Trinajstić information content (AvgIpc) is 2.49. The molecule has 118 valence electrons. The van der Waals surface area contributed by atoms with E-state index in [2.05, 4.69) is 36.4 Å². The highest BCUT2D eigenvalue weighted by Gasteiger charge is 2.17. The van der Waals surface area contributed by atoms with E-state index >= 15 is 0 Å². The maximum Gasteiger partial charge on any atom is 0.270 e. The van der Waals surface area contributed by atoms with E-state index in [1.807, 2.05) is 13.0 Å². The van der Waals surface area contributed by atoms with Gasteiger partial charge in [0.15, 0.2) is 0 Å². The molecular formula is C16H27N3O2. The minimum absolute atomic E-state index is 0.00265. The highest BCUT2D eigenvalue weighted by atomic mass is 16.5. The van der Waals surface area contributed by atoms with E-state index in [0.29, 0.717) is 24.8 Å². The molecule has 0 aliphatic rings. The lowest BCUT2D eigenvalue weighted by atomic mass is 10.1. The number of nitrogens with zero attached hydrogens (tertiary/aromatic N) is 1. The van der Waals surface area contributed by atoms with Crippen LogP contribution >= 0.6 is 0 Å². The first-order valence-corrected chi connectivity index (χ1v) is 7.67. The van der Waals surface area contributed by atoms with E-state index in [0.717, 1.165) is 18.7 Å². The summed E-state index contributed by atoms with van der Waals surface area (Å²) in [5.74, 6) is 0.154. The smallest absolute Gasteiger partial charge is 0.270 e. The number of pyridine rings is 1. The predicted molar refractivity (Wildman–Crippen MR) is 85.6 cm³/mol. The number of rotatable bonds is 9. The minimum atomic E-state index is -0.157. The van der Waals surface area contributed by atoms with Crippen molar-refractivity contribution in [3.8, 4) is 0 Å². The molecule has 5 nitrogen and oxygen atoms in total. The molecule has 0 fully saturated rings. The molecule has 0 aliphatic carbocycles. The van der Waals surface area contributed by atoms with Gasteiger partial charge >= 0.3 is 0 Å². The molecule has 0 aliphatic heterocycles. The minimum Gasteiger partial charge on any atom is -0.384 e. The van der Waals surface area contributed by atoms with E-state index in [1.54, 1.807) is 12.3 Å². The second kappa shape index (κ2) is 9.34. The van der Waals surface area contributed by atoms with E-state index in [9.17, 15) is 4.79 Å². The van der Waals surface area contributed by atoms with Gasteiger partial charge < -0.3 is 15.4 Å². The zero-order valence-corrected chi connectivity index (χ0v) is 13.5. The fourth-order valence-corrected chi connectivity index (χ4v) is 1.79. The Balaban J connectivity index is 2.60. The van der Waals surface area contributed by atoms with Gasteiger partial charge in [0.1, 0.15) is 5.69 Å². The van der Waals surface area contributed by atoms with Crippen molar-refractivity contribution in [1.82, 2.24) is 10.3 Å². The van der Waals surface area contributed by atoms with Gasteiger partial charge in [0.25, 0.3) is 5.91 Å². The molecule has 0 spiro atoms. The highest BCUT2D eigenvalue weighted by molar-refractivity contribution is 5.92. The van der Waals surface area contributed by atoms with E-state index < -0.39 is 0 Å². The number of anilines is 1. The van der Waals surface area contributed by atoms with E-state index in [1.165, 1.54) is 0 Å². The molecule has 21 heavy (non-hydrogen) atoms. The molecular weight excluding hydrogens is 266 g/mol. The van der Waals surface area contributed by atoms with Crippen LogP contribution in [0.1, 0.15) is 44.6 Å². The van der Waals surface area contributed by atoms with Crippen LogP contribution < -0.4 is 10.6 Å². The monoisotopic (exact) mass is 293 g/mol. The topological polar surface area (TPSA) is 63.2 Å². The van der Waals surface area contributed by atoms with E-state index in [4.69, 9.17) is 4.74 Å². The van der Waals surface area contributed by atoms with Gasteiger partial charge in [-0.25, -0.2) is 4.98 Å². The number of carbonyl (C=O) groups excluding carboxylic acids is 1. The summed E-state index contributed by atoms with van der Waals surface area (Å²) in [6, 6.07) is 3.62. The number of carbonyl (C=O) groups is 1. The molecule has 2 N–H and O–H groups in total. The van der Waals surface area contributed by atoms with Gasteiger partial charge in [-0.3, -0.25) is 4.79 Å². The Morgan fingerprint density at radius 1 is 1.33 bits per heavy atom. The van der Waals surface area contributed by atoms with Gasteiger partial charge in [-0.05, 0) is 31.4 Å². The first-order valence-electron chi connectivity index (χ1n) is 7.67. The molecule has 0 saturated heterocycles. The van der Waals surface area contributed by atoms with Crippen molar-refractivity contribution in [2.75, 3.05) is 25.1 Å². The Morgan fingerprint density at radius 2 is 2.10 bits per heavy atom. The molecule has 0 saturated carbocycles. The average molecular weight is 293 g/mol. The lowest BCUT2D eigenvalue weighted by Gasteiger charge is -2.21. The SMILES string of the molecule is CCCNc1ccc(C(=O)NC(COCC)C(C)C)nc1. The third kappa shape index (κ3) is 6.12. The summed E-state index contributed by atoms with van der Waals surface area (Å²) in [5, 5.41) is 6.22. The Hall–Kier alpha value is -1.62. The summed E-state index contributed by atoms with van der Waals surface area (Å²) in [7, 11) is 0. The molecule has 1 rings (SSSR count). The summed E-state index contributed by atoms with van der Waals surface area (Å²) in [4.78, 5) is 16.4. The molecule has 0 radical (unpaired) electrons. The molecule has 1 unspecified atom stereocenters. The van der Waals surface area contributed by atoms with Crippen LogP contribution in [0, 0.1) is 5.92 Å².